The van der Waals surface area contributed by atoms with Gasteiger partial charge in [-0.3, -0.25) is 0 Å². The van der Waals surface area contributed by atoms with Crippen LogP contribution in [0.15, 0.2) is 24.3 Å². The van der Waals surface area contributed by atoms with Crippen LogP contribution in [0.5, 0.6) is 0 Å². The van der Waals surface area contributed by atoms with Crippen molar-refractivity contribution in [2.75, 3.05) is 18.1 Å². The predicted octanol–water partition coefficient (Wildman–Crippen LogP) is 2.30. The first-order chi connectivity index (χ1) is 8.44. The lowest BCUT2D eigenvalue weighted by Gasteiger charge is -2.14. The molecule has 0 aliphatic carbocycles. The van der Waals surface area contributed by atoms with Gasteiger partial charge in [-0.25, -0.2) is 12.8 Å². The molecule has 0 unspecified atom stereocenters. The minimum Gasteiger partial charge on any atom is -0.310 e. The molecule has 0 bridgehead atoms. The maximum atomic E-state index is 13.0. The van der Waals surface area contributed by atoms with Gasteiger partial charge < -0.3 is 5.32 Å². The van der Waals surface area contributed by atoms with Crippen molar-refractivity contribution in [3.8, 4) is 0 Å². The number of sulfone groups is 1. The fourth-order valence-electron chi connectivity index (χ4n) is 1.65. The van der Waals surface area contributed by atoms with Crippen LogP contribution >= 0.6 is 0 Å². The SMILES string of the molecule is CCS(=O)(=O)CCCN[C@H](C)c1cccc(F)c1. The third-order valence-corrected chi connectivity index (χ3v) is 4.66. The lowest BCUT2D eigenvalue weighted by molar-refractivity contribution is 0.555. The average Bonchev–Trinajstić information content (AvgIpc) is 2.34. The zero-order valence-electron chi connectivity index (χ0n) is 10.8. The van der Waals surface area contributed by atoms with Crippen LogP contribution in [-0.4, -0.2) is 26.5 Å². The molecule has 0 aliphatic rings. The minimum absolute atomic E-state index is 0.0185. The van der Waals surface area contributed by atoms with Crippen molar-refractivity contribution in [2.24, 2.45) is 0 Å². The van der Waals surface area contributed by atoms with Gasteiger partial charge in [-0.2, -0.15) is 0 Å². The quantitative estimate of drug-likeness (QED) is 0.775. The van der Waals surface area contributed by atoms with Crippen LogP contribution in [0.1, 0.15) is 31.9 Å². The van der Waals surface area contributed by atoms with E-state index in [0.717, 1.165) is 5.56 Å². The third-order valence-electron chi connectivity index (χ3n) is 2.87. The van der Waals surface area contributed by atoms with E-state index in [1.54, 1.807) is 13.0 Å². The third kappa shape index (κ3) is 5.14. The molecule has 0 spiro atoms. The van der Waals surface area contributed by atoms with Crippen molar-refractivity contribution in [1.29, 1.82) is 0 Å². The standard InChI is InChI=1S/C13H20FNO2S/c1-3-18(16,17)9-5-8-15-11(2)12-6-4-7-13(14)10-12/h4,6-7,10-11,15H,3,5,8-9H2,1-2H3/t11-/m1/s1. The first-order valence-corrected chi connectivity index (χ1v) is 7.96. The summed E-state index contributed by atoms with van der Waals surface area (Å²) in [5.74, 6) is 0.133. The van der Waals surface area contributed by atoms with Crippen LogP contribution < -0.4 is 5.32 Å². The Hall–Kier alpha value is -0.940. The molecule has 1 aromatic rings. The normalized spacial score (nSPS) is 13.5. The van der Waals surface area contributed by atoms with Crippen LogP contribution in [0.3, 0.4) is 0 Å². The summed E-state index contributed by atoms with van der Waals surface area (Å²) in [6.07, 6.45) is 0.579. The Morgan fingerprint density at radius 2 is 2.11 bits per heavy atom. The van der Waals surface area contributed by atoms with Gasteiger partial charge in [0.15, 0.2) is 0 Å². The van der Waals surface area contributed by atoms with Gasteiger partial charge in [-0.15, -0.1) is 0 Å². The highest BCUT2D eigenvalue weighted by Gasteiger charge is 2.08. The Kier molecular flexibility index (Phi) is 5.75. The van der Waals surface area contributed by atoms with Gasteiger partial charge in [-0.05, 0) is 37.6 Å². The highest BCUT2D eigenvalue weighted by Crippen LogP contribution is 2.13. The van der Waals surface area contributed by atoms with Crippen LogP contribution in [-0.2, 0) is 9.84 Å². The smallest absolute Gasteiger partial charge is 0.150 e. The molecule has 102 valence electrons. The number of hydrogen-bond donors (Lipinski definition) is 1. The summed E-state index contributed by atoms with van der Waals surface area (Å²) in [5, 5.41) is 3.19. The van der Waals surface area contributed by atoms with Gasteiger partial charge >= 0.3 is 0 Å². The molecule has 0 heterocycles. The van der Waals surface area contributed by atoms with Crippen molar-refractivity contribution >= 4 is 9.84 Å². The fraction of sp³-hybridized carbons (Fsp3) is 0.538. The van der Waals surface area contributed by atoms with Gasteiger partial charge in [-0.1, -0.05) is 19.1 Å². The molecule has 18 heavy (non-hydrogen) atoms. The molecular formula is C13H20FNO2S. The lowest BCUT2D eigenvalue weighted by Crippen LogP contribution is -2.22. The van der Waals surface area contributed by atoms with Crippen molar-refractivity contribution in [3.63, 3.8) is 0 Å². The summed E-state index contributed by atoms with van der Waals surface area (Å²) >= 11 is 0. The van der Waals surface area contributed by atoms with Crippen molar-refractivity contribution < 1.29 is 12.8 Å². The molecule has 1 N–H and O–H groups in total. The first-order valence-electron chi connectivity index (χ1n) is 6.14. The van der Waals surface area contributed by atoms with E-state index >= 15 is 0 Å². The Bertz CT molecular complexity index is 474. The molecule has 0 saturated heterocycles. The van der Waals surface area contributed by atoms with Crippen LogP contribution in [0.4, 0.5) is 4.39 Å². The summed E-state index contributed by atoms with van der Waals surface area (Å²) in [4.78, 5) is 0. The Morgan fingerprint density at radius 1 is 1.39 bits per heavy atom. The monoisotopic (exact) mass is 273 g/mol. The minimum atomic E-state index is -2.89. The molecule has 0 fully saturated rings. The molecular weight excluding hydrogens is 253 g/mol. The second-order valence-electron chi connectivity index (χ2n) is 4.32. The fourth-order valence-corrected chi connectivity index (χ4v) is 2.52. The largest absolute Gasteiger partial charge is 0.310 e. The summed E-state index contributed by atoms with van der Waals surface area (Å²) in [5.41, 5.74) is 0.869. The van der Waals surface area contributed by atoms with Crippen molar-refractivity contribution in [3.05, 3.63) is 35.6 Å². The highest BCUT2D eigenvalue weighted by molar-refractivity contribution is 7.91. The second-order valence-corrected chi connectivity index (χ2v) is 6.79. The topological polar surface area (TPSA) is 46.2 Å². The molecule has 1 atom stereocenters. The van der Waals surface area contributed by atoms with E-state index in [9.17, 15) is 12.8 Å². The molecule has 1 rings (SSSR count). The van der Waals surface area contributed by atoms with E-state index in [1.165, 1.54) is 12.1 Å². The van der Waals surface area contributed by atoms with E-state index in [1.807, 2.05) is 13.0 Å². The summed E-state index contributed by atoms with van der Waals surface area (Å²) < 4.78 is 35.6. The second kappa shape index (κ2) is 6.85. The van der Waals surface area contributed by atoms with Gasteiger partial charge in [0.1, 0.15) is 15.7 Å². The number of nitrogens with one attached hydrogen (secondary N) is 1. The molecule has 3 nitrogen and oxygen atoms in total. The molecule has 0 aliphatic heterocycles. The zero-order valence-corrected chi connectivity index (χ0v) is 11.6. The molecule has 0 aromatic heterocycles. The van der Waals surface area contributed by atoms with Gasteiger partial charge in [0.05, 0.1) is 5.75 Å². The van der Waals surface area contributed by atoms with E-state index in [-0.39, 0.29) is 23.4 Å². The van der Waals surface area contributed by atoms with E-state index in [0.29, 0.717) is 13.0 Å². The lowest BCUT2D eigenvalue weighted by atomic mass is 10.1. The number of hydrogen-bond acceptors (Lipinski definition) is 3. The molecule has 0 radical (unpaired) electrons. The van der Waals surface area contributed by atoms with Gasteiger partial charge in [0.2, 0.25) is 0 Å². The molecule has 5 heteroatoms. The van der Waals surface area contributed by atoms with E-state index in [4.69, 9.17) is 0 Å². The maximum absolute atomic E-state index is 13.0. The summed E-state index contributed by atoms with van der Waals surface area (Å²) in [7, 11) is -2.89. The van der Waals surface area contributed by atoms with Crippen LogP contribution in [0, 0.1) is 5.82 Å². The zero-order chi connectivity index (χ0) is 13.6. The predicted molar refractivity (Wildman–Crippen MR) is 71.8 cm³/mol. The van der Waals surface area contributed by atoms with Gasteiger partial charge in [0.25, 0.3) is 0 Å². The maximum Gasteiger partial charge on any atom is 0.150 e. The number of halogens is 1. The summed E-state index contributed by atoms with van der Waals surface area (Å²) in [6.45, 7) is 4.19. The number of benzene rings is 1. The highest BCUT2D eigenvalue weighted by atomic mass is 32.2. The average molecular weight is 273 g/mol. The van der Waals surface area contributed by atoms with Gasteiger partial charge in [0, 0.05) is 11.8 Å². The molecule has 0 amide bonds. The van der Waals surface area contributed by atoms with Crippen LogP contribution in [0.25, 0.3) is 0 Å². The van der Waals surface area contributed by atoms with Crippen LogP contribution in [0.2, 0.25) is 0 Å². The molecule has 1 aromatic carbocycles. The Balaban J connectivity index is 2.36. The van der Waals surface area contributed by atoms with E-state index in [2.05, 4.69) is 5.32 Å². The number of rotatable bonds is 7. The Morgan fingerprint density at radius 3 is 2.72 bits per heavy atom. The molecule has 0 saturated carbocycles. The van der Waals surface area contributed by atoms with Crippen molar-refractivity contribution in [2.45, 2.75) is 26.3 Å². The van der Waals surface area contributed by atoms with E-state index < -0.39 is 9.84 Å². The Labute approximate surface area is 108 Å². The summed E-state index contributed by atoms with van der Waals surface area (Å²) in [6, 6.07) is 6.43. The van der Waals surface area contributed by atoms with Crippen molar-refractivity contribution in [1.82, 2.24) is 5.32 Å². The first kappa shape index (κ1) is 15.1.